The lowest BCUT2D eigenvalue weighted by molar-refractivity contribution is 0.0720. The van der Waals surface area contributed by atoms with Gasteiger partial charge in [0, 0.05) is 6.54 Å². The van der Waals surface area contributed by atoms with Crippen molar-refractivity contribution in [1.29, 1.82) is 0 Å². The van der Waals surface area contributed by atoms with Crippen molar-refractivity contribution >= 4 is 16.9 Å². The van der Waals surface area contributed by atoms with Gasteiger partial charge in [-0.15, -0.1) is 0 Å². The van der Waals surface area contributed by atoms with Gasteiger partial charge in [0.05, 0.1) is 17.0 Å². The smallest absolute Gasteiger partial charge is 0.290 e. The lowest BCUT2D eigenvalue weighted by Crippen LogP contribution is -2.33. The minimum Gasteiger partial charge on any atom is -0.490 e. The van der Waals surface area contributed by atoms with Crippen LogP contribution < -0.4 is 10.2 Å². The predicted molar refractivity (Wildman–Crippen MR) is 130 cm³/mol. The molecule has 1 aromatic heterocycles. The van der Waals surface area contributed by atoms with Gasteiger partial charge in [0.25, 0.3) is 5.91 Å². The molecule has 172 valence electrons. The molecule has 4 rings (SSSR count). The van der Waals surface area contributed by atoms with Crippen LogP contribution in [0.25, 0.3) is 11.0 Å². The summed E-state index contributed by atoms with van der Waals surface area (Å²) in [5.41, 5.74) is 1.56. The lowest BCUT2D eigenvalue weighted by Gasteiger charge is -2.26. The summed E-state index contributed by atoms with van der Waals surface area (Å²) in [5, 5.41) is 0.491. The highest BCUT2D eigenvalue weighted by atomic mass is 16.5. The molecule has 0 radical (unpaired) electrons. The van der Waals surface area contributed by atoms with Gasteiger partial charge in [0.1, 0.15) is 17.9 Å². The molecule has 0 bridgehead atoms. The van der Waals surface area contributed by atoms with E-state index in [2.05, 4.69) is 25.3 Å². The number of benzene rings is 2. The van der Waals surface area contributed by atoms with E-state index in [1.165, 1.54) is 0 Å². The van der Waals surface area contributed by atoms with Gasteiger partial charge in [-0.05, 0) is 55.9 Å². The number of hydrogen-bond donors (Lipinski definition) is 0. The van der Waals surface area contributed by atoms with E-state index < -0.39 is 6.04 Å². The van der Waals surface area contributed by atoms with Gasteiger partial charge in [-0.1, -0.05) is 50.8 Å². The number of hydrogen-bond acceptors (Lipinski definition) is 5. The Kier molecular flexibility index (Phi) is 6.94. The highest BCUT2D eigenvalue weighted by Gasteiger charge is 2.42. The van der Waals surface area contributed by atoms with Crippen LogP contribution in [0.3, 0.4) is 0 Å². The average Bonchev–Trinajstić information content (AvgIpc) is 3.12. The van der Waals surface area contributed by atoms with Gasteiger partial charge in [-0.3, -0.25) is 9.59 Å². The molecule has 1 amide bonds. The average molecular weight is 447 g/mol. The summed E-state index contributed by atoms with van der Waals surface area (Å²) < 4.78 is 11.6. The second kappa shape index (κ2) is 10.0. The van der Waals surface area contributed by atoms with Crippen LogP contribution >= 0.6 is 0 Å². The van der Waals surface area contributed by atoms with Crippen LogP contribution in [0.4, 0.5) is 0 Å². The van der Waals surface area contributed by atoms with E-state index in [4.69, 9.17) is 9.15 Å². The maximum atomic E-state index is 13.5. The summed E-state index contributed by atoms with van der Waals surface area (Å²) in [6.07, 6.45) is 2.50. The second-order valence-corrected chi connectivity index (χ2v) is 8.12. The molecule has 1 aliphatic rings. The summed E-state index contributed by atoms with van der Waals surface area (Å²) in [5.74, 6) is 0.629. The third-order valence-electron chi connectivity index (χ3n) is 6.20. The fourth-order valence-electron chi connectivity index (χ4n) is 4.45. The van der Waals surface area contributed by atoms with E-state index in [1.807, 2.05) is 30.3 Å². The third kappa shape index (κ3) is 4.44. The number of para-hydroxylation sites is 1. The van der Waals surface area contributed by atoms with Crippen LogP contribution in [0.2, 0.25) is 0 Å². The number of nitrogens with zero attached hydrogens (tertiary/aromatic N) is 2. The van der Waals surface area contributed by atoms with Crippen LogP contribution in [0.15, 0.2) is 70.4 Å². The number of fused-ring (bicyclic) bond motifs is 2. The molecule has 6 heteroatoms. The van der Waals surface area contributed by atoms with Crippen molar-refractivity contribution in [2.75, 3.05) is 32.8 Å². The molecular formula is C27H30N2O4. The van der Waals surface area contributed by atoms with Crippen molar-refractivity contribution in [3.8, 4) is 5.75 Å². The molecule has 1 aliphatic heterocycles. The Balaban J connectivity index is 1.74. The summed E-state index contributed by atoms with van der Waals surface area (Å²) in [6, 6.07) is 14.2. The first-order valence-corrected chi connectivity index (χ1v) is 11.5. The molecule has 33 heavy (non-hydrogen) atoms. The number of rotatable bonds is 10. The van der Waals surface area contributed by atoms with Gasteiger partial charge in [-0.25, -0.2) is 0 Å². The van der Waals surface area contributed by atoms with Crippen LogP contribution in [0.1, 0.15) is 48.0 Å². The quantitative estimate of drug-likeness (QED) is 0.425. The first-order chi connectivity index (χ1) is 16.1. The van der Waals surface area contributed by atoms with E-state index in [0.717, 1.165) is 31.6 Å². The molecule has 3 aromatic rings. The van der Waals surface area contributed by atoms with E-state index in [9.17, 15) is 9.59 Å². The van der Waals surface area contributed by atoms with Gasteiger partial charge in [-0.2, -0.15) is 0 Å². The van der Waals surface area contributed by atoms with Crippen molar-refractivity contribution in [1.82, 2.24) is 9.80 Å². The fourth-order valence-corrected chi connectivity index (χ4v) is 4.45. The number of amides is 1. The topological polar surface area (TPSA) is 63.0 Å². The van der Waals surface area contributed by atoms with Gasteiger partial charge < -0.3 is 19.0 Å². The van der Waals surface area contributed by atoms with Crippen LogP contribution in [-0.2, 0) is 0 Å². The third-order valence-corrected chi connectivity index (χ3v) is 6.20. The van der Waals surface area contributed by atoms with Crippen LogP contribution in [-0.4, -0.2) is 48.5 Å². The lowest BCUT2D eigenvalue weighted by atomic mass is 9.98. The highest BCUT2D eigenvalue weighted by molar-refractivity contribution is 5.99. The normalized spacial score (nSPS) is 15.3. The molecule has 1 atom stereocenters. The minimum absolute atomic E-state index is 0.150. The molecule has 0 fully saturated rings. The Bertz CT molecular complexity index is 1190. The molecule has 1 unspecified atom stereocenters. The monoisotopic (exact) mass is 446 g/mol. The Morgan fingerprint density at radius 2 is 1.82 bits per heavy atom. The Labute approximate surface area is 194 Å². The van der Waals surface area contributed by atoms with Crippen molar-refractivity contribution < 1.29 is 13.9 Å². The van der Waals surface area contributed by atoms with Crippen molar-refractivity contribution in [2.45, 2.75) is 26.3 Å². The summed E-state index contributed by atoms with van der Waals surface area (Å²) in [7, 11) is 0. The van der Waals surface area contributed by atoms with Crippen molar-refractivity contribution in [3.05, 3.63) is 88.3 Å². The largest absolute Gasteiger partial charge is 0.490 e. The Hall–Kier alpha value is -3.38. The number of carbonyl (C=O) groups excluding carboxylic acids is 1. The molecule has 0 spiro atoms. The van der Waals surface area contributed by atoms with E-state index in [0.29, 0.717) is 35.4 Å². The summed E-state index contributed by atoms with van der Waals surface area (Å²) in [6.45, 7) is 11.7. The molecule has 2 heterocycles. The van der Waals surface area contributed by atoms with Crippen molar-refractivity contribution in [3.63, 3.8) is 0 Å². The molecular weight excluding hydrogens is 416 g/mol. The molecule has 6 nitrogen and oxygen atoms in total. The maximum absolute atomic E-state index is 13.5. The van der Waals surface area contributed by atoms with E-state index in [1.54, 1.807) is 29.2 Å². The molecule has 0 saturated heterocycles. The molecule has 2 aromatic carbocycles. The second-order valence-electron chi connectivity index (χ2n) is 8.12. The number of ether oxygens (including phenoxy) is 1. The van der Waals surface area contributed by atoms with E-state index in [-0.39, 0.29) is 17.1 Å². The van der Waals surface area contributed by atoms with E-state index >= 15 is 0 Å². The van der Waals surface area contributed by atoms with Crippen LogP contribution in [0, 0.1) is 0 Å². The Morgan fingerprint density at radius 1 is 1.09 bits per heavy atom. The SMILES string of the molecule is C=CCOc1ccc(C2c3c(oc4ccccc4c3=O)C(=O)N2CCCN(CC)CC)cc1. The van der Waals surface area contributed by atoms with Crippen molar-refractivity contribution in [2.24, 2.45) is 0 Å². The minimum atomic E-state index is -0.487. The standard InChI is InChI=1S/C27H30N2O4/c1-4-18-32-20-14-12-19(13-15-20)24-23-25(30)21-10-7-8-11-22(21)33-26(23)27(31)29(24)17-9-16-28(5-2)6-3/h4,7-8,10-15,24H,1,5-6,9,16-18H2,2-3H3. The summed E-state index contributed by atoms with van der Waals surface area (Å²) >= 11 is 0. The maximum Gasteiger partial charge on any atom is 0.290 e. The molecule has 0 N–H and O–H groups in total. The zero-order valence-corrected chi connectivity index (χ0v) is 19.3. The first-order valence-electron chi connectivity index (χ1n) is 11.5. The number of carbonyl (C=O) groups is 1. The molecule has 0 aliphatic carbocycles. The first kappa shape index (κ1) is 22.8. The van der Waals surface area contributed by atoms with Gasteiger partial charge in [0.2, 0.25) is 5.76 Å². The zero-order chi connectivity index (χ0) is 23.4. The predicted octanol–water partition coefficient (Wildman–Crippen LogP) is 4.63. The highest BCUT2D eigenvalue weighted by Crippen LogP contribution is 2.38. The van der Waals surface area contributed by atoms with Gasteiger partial charge in [0.15, 0.2) is 5.43 Å². The van der Waals surface area contributed by atoms with Crippen LogP contribution in [0.5, 0.6) is 5.75 Å². The summed E-state index contributed by atoms with van der Waals surface area (Å²) in [4.78, 5) is 31.0. The molecule has 0 saturated carbocycles. The zero-order valence-electron chi connectivity index (χ0n) is 19.3. The van der Waals surface area contributed by atoms with Gasteiger partial charge >= 0.3 is 0 Å². The fraction of sp³-hybridized carbons (Fsp3) is 0.333. The Morgan fingerprint density at radius 3 is 2.52 bits per heavy atom.